The number of rotatable bonds is 9. The Kier molecular flexibility index (Phi) is 12.3. The van der Waals surface area contributed by atoms with Gasteiger partial charge in [0.2, 0.25) is 0 Å². The van der Waals surface area contributed by atoms with E-state index in [0.717, 1.165) is 0 Å². The Hall–Kier alpha value is -2.23. The van der Waals surface area contributed by atoms with E-state index in [1.54, 1.807) is 53.5 Å². The fourth-order valence-electron chi connectivity index (χ4n) is 3.10. The minimum atomic E-state index is -0.503. The van der Waals surface area contributed by atoms with Crippen LogP contribution in [-0.4, -0.2) is 74.6 Å². The molecule has 11 heteroatoms. The lowest BCUT2D eigenvalue weighted by Gasteiger charge is -2.36. The quantitative estimate of drug-likeness (QED) is 0.453. The van der Waals surface area contributed by atoms with Crippen molar-refractivity contribution in [2.75, 3.05) is 52.7 Å². The van der Waals surface area contributed by atoms with Crippen molar-refractivity contribution in [1.82, 2.24) is 10.0 Å². The van der Waals surface area contributed by atoms with Crippen LogP contribution in [0.2, 0.25) is 10.0 Å². The first-order valence-corrected chi connectivity index (χ1v) is 11.3. The molecule has 186 valence electrons. The highest BCUT2D eigenvalue weighted by atomic mass is 35.5. The van der Waals surface area contributed by atoms with Gasteiger partial charge in [-0.3, -0.25) is 9.80 Å². The Balaban J connectivity index is 0.00000408. The van der Waals surface area contributed by atoms with Crippen molar-refractivity contribution >= 4 is 47.5 Å². The standard InChI is InChI=1S/C23H26Cl2N2O6.ClH/c24-18-2-6-20(7-3-18)32-16-22(28)27-10-1-13-30-14-11-26(27)12-15-31-23(29)17-33-21-8-4-19(25)5-9-21;/h2-9H,1,10-17H2;1H. The average molecular weight is 534 g/mol. The van der Waals surface area contributed by atoms with E-state index < -0.39 is 5.97 Å². The summed E-state index contributed by atoms with van der Waals surface area (Å²) in [5.41, 5.74) is 0. The van der Waals surface area contributed by atoms with Crippen molar-refractivity contribution < 1.29 is 28.5 Å². The molecule has 0 aliphatic carbocycles. The number of carbonyl (C=O) groups is 2. The van der Waals surface area contributed by atoms with Crippen LogP contribution in [0.4, 0.5) is 0 Å². The van der Waals surface area contributed by atoms with Crippen LogP contribution in [0, 0.1) is 0 Å². The number of benzene rings is 2. The molecule has 0 N–H and O–H groups in total. The summed E-state index contributed by atoms with van der Waals surface area (Å²) in [6.07, 6.45) is 0.692. The zero-order valence-electron chi connectivity index (χ0n) is 18.5. The molecule has 1 fully saturated rings. The Morgan fingerprint density at radius 2 is 1.44 bits per heavy atom. The molecular formula is C23H27Cl3N2O6. The molecule has 1 aliphatic rings. The number of ether oxygens (including phenoxy) is 4. The molecule has 1 amide bonds. The first-order valence-electron chi connectivity index (χ1n) is 10.6. The van der Waals surface area contributed by atoms with E-state index in [9.17, 15) is 9.59 Å². The van der Waals surface area contributed by atoms with Crippen molar-refractivity contribution in [3.05, 3.63) is 58.6 Å². The summed E-state index contributed by atoms with van der Waals surface area (Å²) < 4.78 is 21.8. The highest BCUT2D eigenvalue weighted by Crippen LogP contribution is 2.17. The molecule has 0 radical (unpaired) electrons. The number of carbonyl (C=O) groups excluding carboxylic acids is 2. The smallest absolute Gasteiger partial charge is 0.344 e. The van der Waals surface area contributed by atoms with Gasteiger partial charge in [0, 0.05) is 29.7 Å². The number of amides is 1. The fourth-order valence-corrected chi connectivity index (χ4v) is 3.35. The number of hydrogen-bond acceptors (Lipinski definition) is 7. The fraction of sp³-hybridized carbons (Fsp3) is 0.391. The first-order chi connectivity index (χ1) is 16.0. The van der Waals surface area contributed by atoms with Crippen LogP contribution in [-0.2, 0) is 19.1 Å². The van der Waals surface area contributed by atoms with E-state index in [-0.39, 0.29) is 38.1 Å². The van der Waals surface area contributed by atoms with Crippen molar-refractivity contribution in [1.29, 1.82) is 0 Å². The second-order valence-electron chi connectivity index (χ2n) is 7.14. The van der Waals surface area contributed by atoms with E-state index >= 15 is 0 Å². The van der Waals surface area contributed by atoms with Gasteiger partial charge in [-0.25, -0.2) is 9.80 Å². The SMILES string of the molecule is Cl.O=C(COc1ccc(Cl)cc1)OCCN1CCOCCCN1C(=O)COc1ccc(Cl)cc1. The van der Waals surface area contributed by atoms with Gasteiger partial charge in [-0.1, -0.05) is 23.2 Å². The van der Waals surface area contributed by atoms with Gasteiger partial charge < -0.3 is 18.9 Å². The van der Waals surface area contributed by atoms with Crippen LogP contribution >= 0.6 is 35.6 Å². The topological polar surface area (TPSA) is 77.5 Å². The summed E-state index contributed by atoms with van der Waals surface area (Å²) in [7, 11) is 0. The van der Waals surface area contributed by atoms with Crippen LogP contribution in [0.5, 0.6) is 11.5 Å². The number of halogens is 3. The molecule has 3 rings (SSSR count). The molecule has 0 atom stereocenters. The number of hydrogen-bond donors (Lipinski definition) is 0. The summed E-state index contributed by atoms with van der Waals surface area (Å²) in [4.78, 5) is 24.9. The molecule has 34 heavy (non-hydrogen) atoms. The van der Waals surface area contributed by atoms with Crippen molar-refractivity contribution in [2.45, 2.75) is 6.42 Å². The summed E-state index contributed by atoms with van der Waals surface area (Å²) >= 11 is 11.7. The van der Waals surface area contributed by atoms with E-state index in [2.05, 4.69) is 0 Å². The van der Waals surface area contributed by atoms with E-state index in [4.69, 9.17) is 42.1 Å². The van der Waals surface area contributed by atoms with Crippen molar-refractivity contribution in [3.63, 3.8) is 0 Å². The minimum Gasteiger partial charge on any atom is -0.484 e. The van der Waals surface area contributed by atoms with E-state index in [1.165, 1.54) is 0 Å². The number of hydrazine groups is 1. The van der Waals surface area contributed by atoms with Crippen LogP contribution in [0.1, 0.15) is 6.42 Å². The van der Waals surface area contributed by atoms with Gasteiger partial charge in [0.1, 0.15) is 18.1 Å². The normalized spacial score (nSPS) is 14.4. The van der Waals surface area contributed by atoms with Crippen LogP contribution in [0.3, 0.4) is 0 Å². The molecule has 0 unspecified atom stereocenters. The number of nitrogens with zero attached hydrogens (tertiary/aromatic N) is 2. The van der Waals surface area contributed by atoms with Gasteiger partial charge in [-0.05, 0) is 55.0 Å². The lowest BCUT2D eigenvalue weighted by molar-refractivity contribution is -0.159. The molecule has 2 aromatic rings. The summed E-state index contributed by atoms with van der Waals surface area (Å²) in [6, 6.07) is 13.5. The van der Waals surface area contributed by atoms with Gasteiger partial charge in [0.25, 0.3) is 5.91 Å². The first kappa shape index (κ1) is 28.0. The molecule has 0 aromatic heterocycles. The maximum absolute atomic E-state index is 12.8. The molecule has 2 aromatic carbocycles. The van der Waals surface area contributed by atoms with Crippen molar-refractivity contribution in [2.24, 2.45) is 0 Å². The Morgan fingerprint density at radius 3 is 2.06 bits per heavy atom. The maximum atomic E-state index is 12.8. The van der Waals surface area contributed by atoms with E-state index in [0.29, 0.717) is 60.8 Å². The Bertz CT molecular complexity index is 899. The molecule has 0 spiro atoms. The van der Waals surface area contributed by atoms with Crippen LogP contribution in [0.25, 0.3) is 0 Å². The second-order valence-corrected chi connectivity index (χ2v) is 8.02. The molecule has 0 bridgehead atoms. The zero-order chi connectivity index (χ0) is 23.5. The molecular weight excluding hydrogens is 507 g/mol. The second kappa shape index (κ2) is 14.9. The molecule has 1 aliphatic heterocycles. The molecule has 1 saturated heterocycles. The largest absolute Gasteiger partial charge is 0.484 e. The van der Waals surface area contributed by atoms with Crippen molar-refractivity contribution in [3.8, 4) is 11.5 Å². The maximum Gasteiger partial charge on any atom is 0.344 e. The van der Waals surface area contributed by atoms with Gasteiger partial charge in [-0.2, -0.15) is 0 Å². The minimum absolute atomic E-state index is 0. The predicted molar refractivity (Wildman–Crippen MR) is 131 cm³/mol. The molecule has 8 nitrogen and oxygen atoms in total. The highest BCUT2D eigenvalue weighted by molar-refractivity contribution is 6.30. The lowest BCUT2D eigenvalue weighted by Crippen LogP contribution is -2.52. The zero-order valence-corrected chi connectivity index (χ0v) is 20.8. The third-order valence-corrected chi connectivity index (χ3v) is 5.24. The number of esters is 1. The lowest BCUT2D eigenvalue weighted by atomic mass is 10.3. The Morgan fingerprint density at radius 1 is 0.853 bits per heavy atom. The summed E-state index contributed by atoms with van der Waals surface area (Å²) in [5.74, 6) is 0.389. The summed E-state index contributed by atoms with van der Waals surface area (Å²) in [6.45, 7) is 2.12. The monoisotopic (exact) mass is 532 g/mol. The third-order valence-electron chi connectivity index (χ3n) is 4.74. The van der Waals surface area contributed by atoms with Crippen LogP contribution < -0.4 is 9.47 Å². The van der Waals surface area contributed by atoms with Gasteiger partial charge in [0.05, 0.1) is 13.2 Å². The Labute approximate surface area is 215 Å². The van der Waals surface area contributed by atoms with Gasteiger partial charge >= 0.3 is 5.97 Å². The van der Waals surface area contributed by atoms with Gasteiger partial charge in [0.15, 0.2) is 13.2 Å². The summed E-state index contributed by atoms with van der Waals surface area (Å²) in [5, 5.41) is 4.63. The average Bonchev–Trinajstić information content (AvgIpc) is 2.79. The van der Waals surface area contributed by atoms with Gasteiger partial charge in [-0.15, -0.1) is 12.4 Å². The molecule has 1 heterocycles. The molecule has 0 saturated carbocycles. The van der Waals surface area contributed by atoms with Crippen LogP contribution in [0.15, 0.2) is 48.5 Å². The van der Waals surface area contributed by atoms with E-state index in [1.807, 2.05) is 5.01 Å². The third kappa shape index (κ3) is 9.56. The predicted octanol–water partition coefficient (Wildman–Crippen LogP) is 3.88. The highest BCUT2D eigenvalue weighted by Gasteiger charge is 2.23.